The predicted octanol–water partition coefficient (Wildman–Crippen LogP) is 2.78. The number of benzene rings is 1. The lowest BCUT2D eigenvalue weighted by molar-refractivity contribution is -0.0279. The highest BCUT2D eigenvalue weighted by Crippen LogP contribution is 2.32. The van der Waals surface area contributed by atoms with Crippen LogP contribution in [-0.2, 0) is 11.3 Å². The number of ether oxygens (including phenoxy) is 3. The number of hydrogen-bond acceptors (Lipinski definition) is 5. The lowest BCUT2D eigenvalue weighted by Crippen LogP contribution is -2.54. The fourth-order valence-electron chi connectivity index (χ4n) is 4.34. The standard InChI is InChI=1S/C20H32N2O3/c1-23-18-9-5-4-8-17(18)22-13-11-21(12-14-22)15-16-7-6-10-19(24-2)20(16)25-3/h6-7,10,17-18H,4-5,8-9,11-15H2,1-3H3/t17-,18+/m1/s1. The Labute approximate surface area is 151 Å². The van der Waals surface area contributed by atoms with E-state index in [-0.39, 0.29) is 0 Å². The minimum atomic E-state index is 0.416. The zero-order valence-electron chi connectivity index (χ0n) is 15.9. The van der Waals surface area contributed by atoms with Crippen molar-refractivity contribution in [3.8, 4) is 11.5 Å². The Hall–Kier alpha value is -1.30. The number of piperazine rings is 1. The molecule has 5 nitrogen and oxygen atoms in total. The van der Waals surface area contributed by atoms with Crippen LogP contribution < -0.4 is 9.47 Å². The van der Waals surface area contributed by atoms with Crippen LogP contribution in [0.5, 0.6) is 11.5 Å². The molecule has 1 saturated carbocycles. The van der Waals surface area contributed by atoms with E-state index < -0.39 is 0 Å². The predicted molar refractivity (Wildman–Crippen MR) is 99.4 cm³/mol. The molecule has 25 heavy (non-hydrogen) atoms. The van der Waals surface area contributed by atoms with Gasteiger partial charge in [-0.15, -0.1) is 0 Å². The molecule has 1 aromatic rings. The van der Waals surface area contributed by atoms with E-state index >= 15 is 0 Å². The van der Waals surface area contributed by atoms with Crippen molar-refractivity contribution in [3.05, 3.63) is 23.8 Å². The van der Waals surface area contributed by atoms with Crippen molar-refractivity contribution in [1.29, 1.82) is 0 Å². The van der Waals surface area contributed by atoms with Gasteiger partial charge >= 0.3 is 0 Å². The van der Waals surface area contributed by atoms with Crippen LogP contribution in [0.3, 0.4) is 0 Å². The minimum Gasteiger partial charge on any atom is -0.493 e. The highest BCUT2D eigenvalue weighted by molar-refractivity contribution is 5.46. The molecule has 2 aliphatic rings. The van der Waals surface area contributed by atoms with Crippen LogP contribution in [0.25, 0.3) is 0 Å². The van der Waals surface area contributed by atoms with Gasteiger partial charge in [0, 0.05) is 51.4 Å². The Morgan fingerprint density at radius 3 is 2.40 bits per heavy atom. The second-order valence-corrected chi connectivity index (χ2v) is 7.09. The van der Waals surface area contributed by atoms with Crippen LogP contribution in [0.4, 0.5) is 0 Å². The molecule has 5 heteroatoms. The summed E-state index contributed by atoms with van der Waals surface area (Å²) in [6, 6.07) is 6.73. The average Bonchev–Trinajstić information content (AvgIpc) is 2.68. The van der Waals surface area contributed by atoms with Gasteiger partial charge in [0.05, 0.1) is 20.3 Å². The quantitative estimate of drug-likeness (QED) is 0.790. The number of hydrogen-bond donors (Lipinski definition) is 0. The van der Waals surface area contributed by atoms with Gasteiger partial charge in [0.2, 0.25) is 0 Å². The fraction of sp³-hybridized carbons (Fsp3) is 0.700. The SMILES string of the molecule is COc1cccc(CN2CCN([C@@H]3CCCC[C@@H]3OC)CC2)c1OC. The zero-order valence-corrected chi connectivity index (χ0v) is 15.9. The third kappa shape index (κ3) is 4.27. The second-order valence-electron chi connectivity index (χ2n) is 7.09. The smallest absolute Gasteiger partial charge is 0.165 e. The van der Waals surface area contributed by atoms with Crippen LogP contribution in [0, 0.1) is 0 Å². The van der Waals surface area contributed by atoms with Gasteiger partial charge in [0.15, 0.2) is 11.5 Å². The Bertz CT molecular complexity index is 544. The number of methoxy groups -OCH3 is 3. The van der Waals surface area contributed by atoms with E-state index in [9.17, 15) is 0 Å². The topological polar surface area (TPSA) is 34.2 Å². The first-order valence-electron chi connectivity index (χ1n) is 9.46. The maximum absolute atomic E-state index is 5.75. The van der Waals surface area contributed by atoms with Crippen LogP contribution in [0.1, 0.15) is 31.2 Å². The molecule has 1 saturated heterocycles. The Morgan fingerprint density at radius 2 is 1.72 bits per heavy atom. The maximum Gasteiger partial charge on any atom is 0.165 e. The largest absolute Gasteiger partial charge is 0.493 e. The maximum atomic E-state index is 5.75. The molecule has 0 N–H and O–H groups in total. The summed E-state index contributed by atoms with van der Waals surface area (Å²) < 4.78 is 16.7. The van der Waals surface area contributed by atoms with E-state index in [0.717, 1.165) is 44.2 Å². The summed E-state index contributed by atoms with van der Waals surface area (Å²) in [5.74, 6) is 1.67. The summed E-state index contributed by atoms with van der Waals surface area (Å²) in [6.45, 7) is 5.33. The Morgan fingerprint density at radius 1 is 0.960 bits per heavy atom. The van der Waals surface area contributed by atoms with Crippen molar-refractivity contribution in [2.24, 2.45) is 0 Å². The van der Waals surface area contributed by atoms with E-state index in [1.165, 1.54) is 31.2 Å². The summed E-state index contributed by atoms with van der Waals surface area (Å²) in [7, 11) is 5.28. The molecule has 1 aliphatic heterocycles. The molecule has 1 aromatic carbocycles. The molecule has 1 aliphatic carbocycles. The molecule has 0 spiro atoms. The van der Waals surface area contributed by atoms with Crippen molar-refractivity contribution in [2.75, 3.05) is 47.5 Å². The van der Waals surface area contributed by atoms with Gasteiger partial charge in [0.25, 0.3) is 0 Å². The first-order chi connectivity index (χ1) is 12.3. The molecule has 0 radical (unpaired) electrons. The molecule has 140 valence electrons. The Kier molecular flexibility index (Phi) is 6.57. The highest BCUT2D eigenvalue weighted by Gasteiger charge is 2.32. The van der Waals surface area contributed by atoms with E-state index in [2.05, 4.69) is 15.9 Å². The van der Waals surface area contributed by atoms with Crippen LogP contribution in [0.15, 0.2) is 18.2 Å². The number of para-hydroxylation sites is 1. The molecule has 3 rings (SSSR count). The van der Waals surface area contributed by atoms with Gasteiger partial charge in [-0.3, -0.25) is 9.80 Å². The lowest BCUT2D eigenvalue weighted by atomic mass is 9.90. The van der Waals surface area contributed by atoms with Gasteiger partial charge in [-0.25, -0.2) is 0 Å². The van der Waals surface area contributed by atoms with E-state index in [1.54, 1.807) is 14.2 Å². The van der Waals surface area contributed by atoms with Crippen molar-refractivity contribution < 1.29 is 14.2 Å². The van der Waals surface area contributed by atoms with Gasteiger partial charge in [0.1, 0.15) is 0 Å². The van der Waals surface area contributed by atoms with Crippen LogP contribution in [0.2, 0.25) is 0 Å². The third-order valence-electron chi connectivity index (χ3n) is 5.72. The summed E-state index contributed by atoms with van der Waals surface area (Å²) in [5.41, 5.74) is 1.20. The molecule has 2 fully saturated rings. The Balaban J connectivity index is 1.58. The second kappa shape index (κ2) is 8.88. The molecule has 0 bridgehead atoms. The monoisotopic (exact) mass is 348 g/mol. The first-order valence-corrected chi connectivity index (χ1v) is 9.46. The normalized spacial score (nSPS) is 25.7. The molecular formula is C20H32N2O3. The fourth-order valence-corrected chi connectivity index (χ4v) is 4.34. The molecule has 0 amide bonds. The number of rotatable bonds is 6. The molecule has 2 atom stereocenters. The summed E-state index contributed by atoms with van der Waals surface area (Å²) in [4.78, 5) is 5.16. The van der Waals surface area contributed by atoms with Crippen molar-refractivity contribution in [3.63, 3.8) is 0 Å². The number of nitrogens with zero attached hydrogens (tertiary/aromatic N) is 2. The minimum absolute atomic E-state index is 0.416. The van der Waals surface area contributed by atoms with Gasteiger partial charge in [-0.05, 0) is 18.9 Å². The van der Waals surface area contributed by atoms with Gasteiger partial charge < -0.3 is 14.2 Å². The van der Waals surface area contributed by atoms with Gasteiger partial charge in [-0.2, -0.15) is 0 Å². The molecule has 1 heterocycles. The van der Waals surface area contributed by atoms with Crippen molar-refractivity contribution >= 4 is 0 Å². The molecule has 0 unspecified atom stereocenters. The zero-order chi connectivity index (χ0) is 17.6. The van der Waals surface area contributed by atoms with Crippen molar-refractivity contribution in [1.82, 2.24) is 9.80 Å². The molecular weight excluding hydrogens is 316 g/mol. The third-order valence-corrected chi connectivity index (χ3v) is 5.72. The average molecular weight is 348 g/mol. The van der Waals surface area contributed by atoms with Gasteiger partial charge in [-0.1, -0.05) is 25.0 Å². The van der Waals surface area contributed by atoms with E-state index in [4.69, 9.17) is 14.2 Å². The first kappa shape index (κ1) is 18.5. The highest BCUT2D eigenvalue weighted by atomic mass is 16.5. The molecule has 0 aromatic heterocycles. The van der Waals surface area contributed by atoms with E-state index in [0.29, 0.717) is 12.1 Å². The lowest BCUT2D eigenvalue weighted by Gasteiger charge is -2.43. The van der Waals surface area contributed by atoms with Crippen molar-refractivity contribution in [2.45, 2.75) is 44.4 Å². The summed E-state index contributed by atoms with van der Waals surface area (Å²) >= 11 is 0. The van der Waals surface area contributed by atoms with Crippen LogP contribution >= 0.6 is 0 Å². The summed E-state index contributed by atoms with van der Waals surface area (Å²) in [6.07, 6.45) is 5.56. The van der Waals surface area contributed by atoms with E-state index in [1.807, 2.05) is 19.2 Å². The van der Waals surface area contributed by atoms with Crippen LogP contribution in [-0.4, -0.2) is 69.5 Å². The summed E-state index contributed by atoms with van der Waals surface area (Å²) in [5, 5.41) is 0.